The summed E-state index contributed by atoms with van der Waals surface area (Å²) >= 11 is 0. The Morgan fingerprint density at radius 1 is 1.39 bits per heavy atom. The fourth-order valence-corrected chi connectivity index (χ4v) is 3.28. The van der Waals surface area contributed by atoms with Gasteiger partial charge in [-0.3, -0.25) is 0 Å². The van der Waals surface area contributed by atoms with E-state index in [0.717, 1.165) is 5.92 Å². The third-order valence-corrected chi connectivity index (χ3v) is 5.11. The highest BCUT2D eigenvalue weighted by Gasteiger charge is 2.37. The summed E-state index contributed by atoms with van der Waals surface area (Å²) in [6.07, 6.45) is 11.1. The molecule has 1 fully saturated rings. The second-order valence-corrected chi connectivity index (χ2v) is 6.32. The molecule has 3 heteroatoms. The van der Waals surface area contributed by atoms with Gasteiger partial charge in [-0.25, -0.2) is 4.98 Å². The molecule has 1 saturated carbocycles. The molecule has 0 aliphatic heterocycles. The molecule has 1 aliphatic rings. The molecular weight excluding hydrogens is 222 g/mol. The molecule has 2 rings (SSSR count). The maximum absolute atomic E-state index is 4.21. The molecule has 18 heavy (non-hydrogen) atoms. The molecule has 0 spiro atoms. The highest BCUT2D eigenvalue weighted by molar-refractivity contribution is 4.94. The first-order chi connectivity index (χ1) is 8.58. The Morgan fingerprint density at radius 3 is 2.72 bits per heavy atom. The molecule has 0 saturated heterocycles. The summed E-state index contributed by atoms with van der Waals surface area (Å²) in [6.45, 7) is 7.15. The Bertz CT molecular complexity index is 356. The minimum absolute atomic E-state index is 0.456. The standard InChI is InChI=1S/C15H27N3/c1-5-15(2,3)12-6-7-13(16-4)14(10-12)18-9-8-17-11-18/h8-9,11-14,16H,5-7,10H2,1-4H3. The van der Waals surface area contributed by atoms with Crippen molar-refractivity contribution >= 4 is 0 Å². The van der Waals surface area contributed by atoms with Crippen molar-refractivity contribution in [2.75, 3.05) is 7.05 Å². The number of nitrogens with one attached hydrogen (secondary N) is 1. The smallest absolute Gasteiger partial charge is 0.0949 e. The molecule has 1 aliphatic carbocycles. The number of imidazole rings is 1. The lowest BCUT2D eigenvalue weighted by molar-refractivity contribution is 0.103. The Morgan fingerprint density at radius 2 is 2.17 bits per heavy atom. The van der Waals surface area contributed by atoms with Gasteiger partial charge in [0, 0.05) is 18.4 Å². The van der Waals surface area contributed by atoms with Crippen LogP contribution in [-0.2, 0) is 0 Å². The average molecular weight is 249 g/mol. The summed E-state index contributed by atoms with van der Waals surface area (Å²) in [5.41, 5.74) is 0.456. The Balaban J connectivity index is 2.15. The van der Waals surface area contributed by atoms with Gasteiger partial charge in [-0.2, -0.15) is 0 Å². The van der Waals surface area contributed by atoms with Crippen LogP contribution < -0.4 is 5.32 Å². The van der Waals surface area contributed by atoms with Crippen molar-refractivity contribution in [1.82, 2.24) is 14.9 Å². The summed E-state index contributed by atoms with van der Waals surface area (Å²) in [6, 6.07) is 1.14. The van der Waals surface area contributed by atoms with Crippen LogP contribution in [0.25, 0.3) is 0 Å². The van der Waals surface area contributed by atoms with Gasteiger partial charge in [0.1, 0.15) is 0 Å². The highest BCUT2D eigenvalue weighted by atomic mass is 15.1. The monoisotopic (exact) mass is 249 g/mol. The van der Waals surface area contributed by atoms with E-state index in [1.807, 2.05) is 12.5 Å². The minimum atomic E-state index is 0.456. The molecule has 0 aromatic carbocycles. The topological polar surface area (TPSA) is 29.9 Å². The number of hydrogen-bond acceptors (Lipinski definition) is 2. The van der Waals surface area contributed by atoms with Crippen molar-refractivity contribution in [2.24, 2.45) is 11.3 Å². The zero-order valence-corrected chi connectivity index (χ0v) is 12.2. The van der Waals surface area contributed by atoms with Crippen LogP contribution in [0.3, 0.4) is 0 Å². The number of hydrogen-bond donors (Lipinski definition) is 1. The zero-order chi connectivity index (χ0) is 13.2. The van der Waals surface area contributed by atoms with E-state index < -0.39 is 0 Å². The molecule has 3 nitrogen and oxygen atoms in total. The van der Waals surface area contributed by atoms with E-state index in [2.05, 4.69) is 48.9 Å². The largest absolute Gasteiger partial charge is 0.333 e. The second-order valence-electron chi connectivity index (χ2n) is 6.32. The average Bonchev–Trinajstić information content (AvgIpc) is 2.91. The predicted molar refractivity (Wildman–Crippen MR) is 75.5 cm³/mol. The van der Waals surface area contributed by atoms with Gasteiger partial charge < -0.3 is 9.88 Å². The van der Waals surface area contributed by atoms with Crippen molar-refractivity contribution in [1.29, 1.82) is 0 Å². The van der Waals surface area contributed by atoms with E-state index in [-0.39, 0.29) is 0 Å². The van der Waals surface area contributed by atoms with Crippen LogP contribution in [0.15, 0.2) is 18.7 Å². The van der Waals surface area contributed by atoms with Gasteiger partial charge >= 0.3 is 0 Å². The minimum Gasteiger partial charge on any atom is -0.333 e. The predicted octanol–water partition coefficient (Wildman–Crippen LogP) is 3.25. The van der Waals surface area contributed by atoms with E-state index in [9.17, 15) is 0 Å². The molecule has 1 aromatic heterocycles. The van der Waals surface area contributed by atoms with Crippen molar-refractivity contribution < 1.29 is 0 Å². The molecule has 3 atom stereocenters. The second kappa shape index (κ2) is 5.43. The summed E-state index contributed by atoms with van der Waals surface area (Å²) in [7, 11) is 2.08. The van der Waals surface area contributed by atoms with Crippen molar-refractivity contribution in [3.8, 4) is 0 Å². The van der Waals surface area contributed by atoms with Crippen molar-refractivity contribution in [2.45, 2.75) is 58.5 Å². The lowest BCUT2D eigenvalue weighted by Crippen LogP contribution is -2.42. The SMILES string of the molecule is CCC(C)(C)C1CCC(NC)C(n2ccnc2)C1. The van der Waals surface area contributed by atoms with Gasteiger partial charge in [0.2, 0.25) is 0 Å². The first-order valence-electron chi connectivity index (χ1n) is 7.23. The van der Waals surface area contributed by atoms with Crippen LogP contribution >= 0.6 is 0 Å². The third-order valence-electron chi connectivity index (χ3n) is 5.11. The molecule has 102 valence electrons. The molecular formula is C15H27N3. The summed E-state index contributed by atoms with van der Waals surface area (Å²) in [5, 5.41) is 3.48. The van der Waals surface area contributed by atoms with E-state index >= 15 is 0 Å². The van der Waals surface area contributed by atoms with Crippen LogP contribution in [0.4, 0.5) is 0 Å². The van der Waals surface area contributed by atoms with Crippen LogP contribution in [0.1, 0.15) is 52.5 Å². The van der Waals surface area contributed by atoms with Crippen LogP contribution in [0.5, 0.6) is 0 Å². The van der Waals surface area contributed by atoms with Crippen molar-refractivity contribution in [3.05, 3.63) is 18.7 Å². The molecule has 1 heterocycles. The number of rotatable bonds is 4. The van der Waals surface area contributed by atoms with E-state index in [4.69, 9.17) is 0 Å². The van der Waals surface area contributed by atoms with Crippen LogP contribution in [-0.4, -0.2) is 22.6 Å². The van der Waals surface area contributed by atoms with Gasteiger partial charge in [-0.05, 0) is 37.6 Å². The van der Waals surface area contributed by atoms with Crippen LogP contribution in [0.2, 0.25) is 0 Å². The maximum Gasteiger partial charge on any atom is 0.0949 e. The molecule has 3 unspecified atom stereocenters. The van der Waals surface area contributed by atoms with Gasteiger partial charge in [0.05, 0.1) is 12.4 Å². The van der Waals surface area contributed by atoms with Gasteiger partial charge in [-0.1, -0.05) is 27.2 Å². The lowest BCUT2D eigenvalue weighted by Gasteiger charge is -2.43. The third kappa shape index (κ3) is 2.61. The summed E-state index contributed by atoms with van der Waals surface area (Å²) in [4.78, 5) is 4.21. The first-order valence-corrected chi connectivity index (χ1v) is 7.23. The zero-order valence-electron chi connectivity index (χ0n) is 12.2. The Kier molecular flexibility index (Phi) is 4.10. The normalized spacial score (nSPS) is 29.4. The molecule has 0 amide bonds. The number of likely N-dealkylation sites (N-methyl/N-ethyl adjacent to an activating group) is 1. The molecule has 0 bridgehead atoms. The maximum atomic E-state index is 4.21. The first kappa shape index (κ1) is 13.6. The van der Waals surface area contributed by atoms with Crippen LogP contribution in [0, 0.1) is 11.3 Å². The number of aromatic nitrogens is 2. The van der Waals surface area contributed by atoms with Gasteiger partial charge in [0.15, 0.2) is 0 Å². The van der Waals surface area contributed by atoms with Crippen molar-refractivity contribution in [3.63, 3.8) is 0 Å². The fraction of sp³-hybridized carbons (Fsp3) is 0.800. The molecule has 1 aromatic rings. The Labute approximate surface area is 111 Å². The van der Waals surface area contributed by atoms with E-state index in [1.165, 1.54) is 25.7 Å². The van der Waals surface area contributed by atoms with Gasteiger partial charge in [-0.15, -0.1) is 0 Å². The van der Waals surface area contributed by atoms with Gasteiger partial charge in [0.25, 0.3) is 0 Å². The number of nitrogens with zero attached hydrogens (tertiary/aromatic N) is 2. The van der Waals surface area contributed by atoms with E-state index in [1.54, 1.807) is 0 Å². The highest BCUT2D eigenvalue weighted by Crippen LogP contribution is 2.43. The summed E-state index contributed by atoms with van der Waals surface area (Å²) in [5.74, 6) is 0.819. The molecule has 0 radical (unpaired) electrons. The summed E-state index contributed by atoms with van der Waals surface area (Å²) < 4.78 is 2.29. The quantitative estimate of drug-likeness (QED) is 0.887. The molecule has 1 N–H and O–H groups in total. The lowest BCUT2D eigenvalue weighted by atomic mass is 9.67. The Hall–Kier alpha value is -0.830. The fourth-order valence-electron chi connectivity index (χ4n) is 3.28. The van der Waals surface area contributed by atoms with E-state index in [0.29, 0.717) is 17.5 Å².